The highest BCUT2D eigenvalue weighted by atomic mass is 79.9. The normalized spacial score (nSPS) is 9.83. The van der Waals surface area contributed by atoms with Gasteiger partial charge in [0.1, 0.15) is 5.69 Å². The quantitative estimate of drug-likeness (QED) is 0.744. The smallest absolute Gasteiger partial charge is 0.181 e. The number of rotatable bonds is 3. The third-order valence-corrected chi connectivity index (χ3v) is 1.96. The number of Topliss-reactive ketones (excluding diaryl/α,β-unsaturated/α-hetero) is 1. The standard InChI is InChI=1S/C9H10BrNO/c1-2-3-9(12)8-5-4-7(10)6-11-8/h4-6H,2-3H2,1H3. The number of hydrogen-bond donors (Lipinski definition) is 0. The lowest BCUT2D eigenvalue weighted by atomic mass is 10.2. The number of carbonyl (C=O) groups excluding carboxylic acids is 1. The number of halogens is 1. The predicted molar refractivity (Wildman–Crippen MR) is 51.2 cm³/mol. The van der Waals surface area contributed by atoms with E-state index in [2.05, 4.69) is 20.9 Å². The lowest BCUT2D eigenvalue weighted by molar-refractivity contribution is 0.0977. The van der Waals surface area contributed by atoms with Crippen molar-refractivity contribution in [2.24, 2.45) is 0 Å². The summed E-state index contributed by atoms with van der Waals surface area (Å²) in [4.78, 5) is 15.3. The highest BCUT2D eigenvalue weighted by Crippen LogP contribution is 2.09. The first-order valence-corrected chi connectivity index (χ1v) is 4.68. The fourth-order valence-electron chi connectivity index (χ4n) is 0.896. The minimum absolute atomic E-state index is 0.116. The Labute approximate surface area is 80.1 Å². The van der Waals surface area contributed by atoms with Gasteiger partial charge < -0.3 is 0 Å². The van der Waals surface area contributed by atoms with Crippen molar-refractivity contribution < 1.29 is 4.79 Å². The van der Waals surface area contributed by atoms with Crippen molar-refractivity contribution in [1.82, 2.24) is 4.98 Å². The Hall–Kier alpha value is -0.700. The molecule has 2 nitrogen and oxygen atoms in total. The maximum Gasteiger partial charge on any atom is 0.181 e. The van der Waals surface area contributed by atoms with Crippen molar-refractivity contribution in [1.29, 1.82) is 0 Å². The molecule has 0 aliphatic heterocycles. The first kappa shape index (κ1) is 9.39. The van der Waals surface area contributed by atoms with Gasteiger partial charge in [-0.05, 0) is 34.5 Å². The summed E-state index contributed by atoms with van der Waals surface area (Å²) in [6.45, 7) is 1.98. The summed E-state index contributed by atoms with van der Waals surface area (Å²) in [5.74, 6) is 0.116. The van der Waals surface area contributed by atoms with Gasteiger partial charge in [0.2, 0.25) is 0 Å². The minimum atomic E-state index is 0.116. The summed E-state index contributed by atoms with van der Waals surface area (Å²) >= 11 is 3.26. The molecule has 0 spiro atoms. The zero-order valence-corrected chi connectivity index (χ0v) is 8.47. The van der Waals surface area contributed by atoms with Gasteiger partial charge in [-0.1, -0.05) is 6.92 Å². The summed E-state index contributed by atoms with van der Waals surface area (Å²) < 4.78 is 0.899. The van der Waals surface area contributed by atoms with Gasteiger partial charge in [0.25, 0.3) is 0 Å². The molecule has 0 unspecified atom stereocenters. The Kier molecular flexibility index (Phi) is 3.41. The molecule has 0 aliphatic rings. The van der Waals surface area contributed by atoms with E-state index in [4.69, 9.17) is 0 Å². The molecule has 1 aromatic heterocycles. The van der Waals surface area contributed by atoms with Crippen LogP contribution in [0.4, 0.5) is 0 Å². The SMILES string of the molecule is CCCC(=O)c1ccc(Br)cn1. The summed E-state index contributed by atoms with van der Waals surface area (Å²) in [6.07, 6.45) is 3.09. The van der Waals surface area contributed by atoms with Gasteiger partial charge in [-0.15, -0.1) is 0 Å². The predicted octanol–water partition coefficient (Wildman–Crippen LogP) is 2.83. The fraction of sp³-hybridized carbons (Fsp3) is 0.333. The van der Waals surface area contributed by atoms with E-state index in [0.29, 0.717) is 12.1 Å². The largest absolute Gasteiger partial charge is 0.292 e. The minimum Gasteiger partial charge on any atom is -0.292 e. The monoisotopic (exact) mass is 227 g/mol. The van der Waals surface area contributed by atoms with Crippen molar-refractivity contribution in [3.63, 3.8) is 0 Å². The van der Waals surface area contributed by atoms with E-state index in [1.54, 1.807) is 12.3 Å². The molecule has 0 saturated heterocycles. The summed E-state index contributed by atoms with van der Waals surface area (Å²) in [6, 6.07) is 3.57. The van der Waals surface area contributed by atoms with Gasteiger partial charge >= 0.3 is 0 Å². The molecule has 0 aliphatic carbocycles. The van der Waals surface area contributed by atoms with Gasteiger partial charge in [0.05, 0.1) is 0 Å². The number of aromatic nitrogens is 1. The molecule has 64 valence electrons. The molecule has 0 saturated carbocycles. The second-order valence-corrected chi connectivity index (χ2v) is 3.45. The van der Waals surface area contributed by atoms with Crippen LogP contribution in [0.25, 0.3) is 0 Å². The van der Waals surface area contributed by atoms with Gasteiger partial charge in [0, 0.05) is 17.1 Å². The number of nitrogens with zero attached hydrogens (tertiary/aromatic N) is 1. The lowest BCUT2D eigenvalue weighted by Gasteiger charge is -1.96. The Morgan fingerprint density at radius 3 is 2.83 bits per heavy atom. The molecule has 1 heterocycles. The summed E-state index contributed by atoms with van der Waals surface area (Å²) in [5.41, 5.74) is 0.556. The average Bonchev–Trinajstić information content (AvgIpc) is 2.06. The number of pyridine rings is 1. The lowest BCUT2D eigenvalue weighted by Crippen LogP contribution is -2.00. The highest BCUT2D eigenvalue weighted by molar-refractivity contribution is 9.10. The van der Waals surface area contributed by atoms with Crippen LogP contribution in [0, 0.1) is 0 Å². The van der Waals surface area contributed by atoms with Crippen LogP contribution in [0.3, 0.4) is 0 Å². The number of carbonyl (C=O) groups is 1. The van der Waals surface area contributed by atoms with Gasteiger partial charge in [-0.2, -0.15) is 0 Å². The van der Waals surface area contributed by atoms with Crippen LogP contribution in [-0.4, -0.2) is 10.8 Å². The Morgan fingerprint density at radius 1 is 1.58 bits per heavy atom. The van der Waals surface area contributed by atoms with Gasteiger partial charge in [-0.25, -0.2) is 0 Å². The van der Waals surface area contributed by atoms with E-state index in [0.717, 1.165) is 10.9 Å². The molecular formula is C9H10BrNO. The first-order valence-electron chi connectivity index (χ1n) is 3.88. The second kappa shape index (κ2) is 4.36. The van der Waals surface area contributed by atoms with E-state index in [1.807, 2.05) is 13.0 Å². The Morgan fingerprint density at radius 2 is 2.33 bits per heavy atom. The Bertz CT molecular complexity index is 268. The van der Waals surface area contributed by atoms with Crippen molar-refractivity contribution in [2.75, 3.05) is 0 Å². The highest BCUT2D eigenvalue weighted by Gasteiger charge is 2.04. The topological polar surface area (TPSA) is 30.0 Å². The van der Waals surface area contributed by atoms with E-state index in [1.165, 1.54) is 0 Å². The molecule has 0 aromatic carbocycles. The maximum absolute atomic E-state index is 11.3. The van der Waals surface area contributed by atoms with Crippen LogP contribution in [0.1, 0.15) is 30.3 Å². The molecule has 0 amide bonds. The molecule has 1 aromatic rings. The molecule has 0 atom stereocenters. The molecule has 0 bridgehead atoms. The van der Waals surface area contributed by atoms with E-state index >= 15 is 0 Å². The molecule has 0 N–H and O–H groups in total. The molecule has 0 radical (unpaired) electrons. The zero-order valence-electron chi connectivity index (χ0n) is 6.88. The van der Waals surface area contributed by atoms with Crippen molar-refractivity contribution in [2.45, 2.75) is 19.8 Å². The summed E-state index contributed by atoms with van der Waals surface area (Å²) in [5, 5.41) is 0. The van der Waals surface area contributed by atoms with Crippen LogP contribution in [0.5, 0.6) is 0 Å². The second-order valence-electron chi connectivity index (χ2n) is 2.53. The molecule has 1 rings (SSSR count). The Balaban J connectivity index is 2.75. The van der Waals surface area contributed by atoms with Crippen LogP contribution < -0.4 is 0 Å². The molecule has 0 fully saturated rings. The average molecular weight is 228 g/mol. The van der Waals surface area contributed by atoms with Gasteiger partial charge in [0.15, 0.2) is 5.78 Å². The fourth-order valence-corrected chi connectivity index (χ4v) is 1.13. The van der Waals surface area contributed by atoms with Crippen molar-refractivity contribution in [3.05, 3.63) is 28.5 Å². The maximum atomic E-state index is 11.3. The van der Waals surface area contributed by atoms with Crippen LogP contribution in [0.2, 0.25) is 0 Å². The summed E-state index contributed by atoms with van der Waals surface area (Å²) in [7, 11) is 0. The van der Waals surface area contributed by atoms with E-state index in [9.17, 15) is 4.79 Å². The van der Waals surface area contributed by atoms with E-state index in [-0.39, 0.29) is 5.78 Å². The van der Waals surface area contributed by atoms with Crippen LogP contribution in [-0.2, 0) is 0 Å². The third kappa shape index (κ3) is 2.41. The van der Waals surface area contributed by atoms with Crippen molar-refractivity contribution in [3.8, 4) is 0 Å². The third-order valence-electron chi connectivity index (χ3n) is 1.49. The number of ketones is 1. The molecule has 12 heavy (non-hydrogen) atoms. The van der Waals surface area contributed by atoms with Gasteiger partial charge in [-0.3, -0.25) is 9.78 Å². The number of hydrogen-bond acceptors (Lipinski definition) is 2. The van der Waals surface area contributed by atoms with Crippen molar-refractivity contribution >= 4 is 21.7 Å². The first-order chi connectivity index (χ1) is 5.74. The zero-order chi connectivity index (χ0) is 8.97. The van der Waals surface area contributed by atoms with Crippen LogP contribution >= 0.6 is 15.9 Å². The molecular weight excluding hydrogens is 218 g/mol. The van der Waals surface area contributed by atoms with Crippen LogP contribution in [0.15, 0.2) is 22.8 Å². The molecule has 3 heteroatoms. The van der Waals surface area contributed by atoms with E-state index < -0.39 is 0 Å².